The van der Waals surface area contributed by atoms with Gasteiger partial charge in [0.05, 0.1) is 4.92 Å². The average Bonchev–Trinajstić information content (AvgIpc) is 2.61. The van der Waals surface area contributed by atoms with Crippen molar-refractivity contribution in [3.05, 3.63) is 32.8 Å². The minimum atomic E-state index is -0.460. The van der Waals surface area contributed by atoms with E-state index < -0.39 is 4.92 Å². The summed E-state index contributed by atoms with van der Waals surface area (Å²) in [6, 6.07) is 4.24. The van der Waals surface area contributed by atoms with Crippen molar-refractivity contribution in [2.24, 2.45) is 0 Å². The van der Waals surface area contributed by atoms with Crippen LogP contribution in [0.5, 0.6) is 0 Å². The van der Waals surface area contributed by atoms with Crippen LogP contribution in [0.3, 0.4) is 0 Å². The molecule has 1 aliphatic heterocycles. The van der Waals surface area contributed by atoms with Crippen molar-refractivity contribution in [1.82, 2.24) is 4.90 Å². The summed E-state index contributed by atoms with van der Waals surface area (Å²) in [5.74, 6) is -0.0377. The van der Waals surface area contributed by atoms with E-state index in [9.17, 15) is 14.9 Å². The van der Waals surface area contributed by atoms with Gasteiger partial charge in [-0.2, -0.15) is 0 Å². The molecule has 96 valence electrons. The highest BCUT2D eigenvalue weighted by molar-refractivity contribution is 9.10. The summed E-state index contributed by atoms with van der Waals surface area (Å²) >= 11 is 3.26. The number of likely N-dealkylation sites (tertiary alicyclic amines) is 1. The van der Waals surface area contributed by atoms with Crippen LogP contribution in [0, 0.1) is 10.1 Å². The molecule has 0 bridgehead atoms. The Morgan fingerprint density at radius 2 is 2.28 bits per heavy atom. The molecule has 0 aromatic heterocycles. The maximum atomic E-state index is 11.8. The van der Waals surface area contributed by atoms with E-state index in [2.05, 4.69) is 21.2 Å². The molecule has 1 heterocycles. The van der Waals surface area contributed by atoms with Gasteiger partial charge in [0.1, 0.15) is 11.7 Å². The number of carbonyl (C=O) groups excluding carboxylic acids is 1. The average molecular weight is 314 g/mol. The fourth-order valence-electron chi connectivity index (χ4n) is 1.93. The van der Waals surface area contributed by atoms with Crippen LogP contribution < -0.4 is 5.32 Å². The second kappa shape index (κ2) is 4.93. The lowest BCUT2D eigenvalue weighted by atomic mass is 10.2. The van der Waals surface area contributed by atoms with Crippen LogP contribution in [0.2, 0.25) is 0 Å². The number of carbonyl (C=O) groups is 1. The lowest BCUT2D eigenvalue weighted by Crippen LogP contribution is -2.31. The van der Waals surface area contributed by atoms with E-state index >= 15 is 0 Å². The zero-order chi connectivity index (χ0) is 13.3. The third kappa shape index (κ3) is 2.45. The van der Waals surface area contributed by atoms with Crippen molar-refractivity contribution < 1.29 is 9.72 Å². The van der Waals surface area contributed by atoms with Crippen LogP contribution in [0.25, 0.3) is 0 Å². The molecule has 1 unspecified atom stereocenters. The van der Waals surface area contributed by atoms with Crippen molar-refractivity contribution in [2.75, 3.05) is 18.9 Å². The van der Waals surface area contributed by atoms with Crippen molar-refractivity contribution >= 4 is 33.2 Å². The first kappa shape index (κ1) is 12.8. The standard InChI is InChI=1S/C11H12BrN3O3/c1-14-5-4-8(11(14)16)13-9-6-7(12)2-3-10(9)15(17)18/h2-3,6,8,13H,4-5H2,1H3. The molecule has 1 aromatic rings. The van der Waals surface area contributed by atoms with Crippen molar-refractivity contribution in [1.29, 1.82) is 0 Å². The molecule has 0 radical (unpaired) electrons. The number of nitrogens with zero attached hydrogens (tertiary/aromatic N) is 2. The molecule has 6 nitrogen and oxygen atoms in total. The van der Waals surface area contributed by atoms with Crippen LogP contribution in [0.1, 0.15) is 6.42 Å². The zero-order valence-corrected chi connectivity index (χ0v) is 11.3. The van der Waals surface area contributed by atoms with E-state index in [0.717, 1.165) is 4.47 Å². The maximum absolute atomic E-state index is 11.8. The maximum Gasteiger partial charge on any atom is 0.292 e. The van der Waals surface area contributed by atoms with Gasteiger partial charge in [0, 0.05) is 24.1 Å². The van der Waals surface area contributed by atoms with Gasteiger partial charge in [-0.3, -0.25) is 14.9 Å². The van der Waals surface area contributed by atoms with Crippen LogP contribution in [-0.4, -0.2) is 35.4 Å². The summed E-state index contributed by atoms with van der Waals surface area (Å²) < 4.78 is 0.731. The summed E-state index contributed by atoms with van der Waals surface area (Å²) in [5, 5.41) is 13.9. The molecule has 1 amide bonds. The fraction of sp³-hybridized carbons (Fsp3) is 0.364. The predicted molar refractivity (Wildman–Crippen MR) is 70.5 cm³/mol. The van der Waals surface area contributed by atoms with E-state index in [1.54, 1.807) is 24.1 Å². The SMILES string of the molecule is CN1CCC(Nc2cc(Br)ccc2[N+](=O)[O-])C1=O. The predicted octanol–water partition coefficient (Wildman–Crippen LogP) is 2.00. The Bertz CT molecular complexity index is 506. The monoisotopic (exact) mass is 313 g/mol. The van der Waals surface area contributed by atoms with Gasteiger partial charge in [-0.25, -0.2) is 0 Å². The molecule has 1 fully saturated rings. The van der Waals surface area contributed by atoms with Crippen LogP contribution in [-0.2, 0) is 4.79 Å². The number of hydrogen-bond donors (Lipinski definition) is 1. The van der Waals surface area contributed by atoms with Crippen LogP contribution in [0.4, 0.5) is 11.4 Å². The largest absolute Gasteiger partial charge is 0.368 e. The molecule has 1 N–H and O–H groups in total. The van der Waals surface area contributed by atoms with Gasteiger partial charge in [0.25, 0.3) is 5.69 Å². The highest BCUT2D eigenvalue weighted by atomic mass is 79.9. The number of likely N-dealkylation sites (N-methyl/N-ethyl adjacent to an activating group) is 1. The Morgan fingerprint density at radius 1 is 1.56 bits per heavy atom. The zero-order valence-electron chi connectivity index (χ0n) is 9.72. The minimum absolute atomic E-state index is 0.0273. The van der Waals surface area contributed by atoms with Gasteiger partial charge in [-0.15, -0.1) is 0 Å². The van der Waals surface area contributed by atoms with Crippen molar-refractivity contribution in [2.45, 2.75) is 12.5 Å². The van der Waals surface area contributed by atoms with E-state index in [1.807, 2.05) is 0 Å². The van der Waals surface area contributed by atoms with Crippen LogP contribution in [0.15, 0.2) is 22.7 Å². The van der Waals surface area contributed by atoms with Gasteiger partial charge in [0.2, 0.25) is 5.91 Å². The number of hydrogen-bond acceptors (Lipinski definition) is 4. The summed E-state index contributed by atoms with van der Waals surface area (Å²) in [5.41, 5.74) is 0.337. The van der Waals surface area contributed by atoms with Gasteiger partial charge >= 0.3 is 0 Å². The molecule has 0 aliphatic carbocycles. The summed E-state index contributed by atoms with van der Waals surface area (Å²) in [4.78, 5) is 23.8. The third-order valence-corrected chi connectivity index (χ3v) is 3.41. The minimum Gasteiger partial charge on any atom is -0.368 e. The number of nitro benzene ring substituents is 1. The Hall–Kier alpha value is -1.63. The quantitative estimate of drug-likeness (QED) is 0.684. The molecule has 2 rings (SSSR count). The van der Waals surface area contributed by atoms with Gasteiger partial charge in [-0.1, -0.05) is 15.9 Å². The lowest BCUT2D eigenvalue weighted by Gasteiger charge is -2.13. The fourth-order valence-corrected chi connectivity index (χ4v) is 2.29. The molecule has 1 aliphatic rings. The highest BCUT2D eigenvalue weighted by Crippen LogP contribution is 2.29. The number of nitro groups is 1. The Kier molecular flexibility index (Phi) is 3.51. The molecule has 0 saturated carbocycles. The van der Waals surface area contributed by atoms with Crippen molar-refractivity contribution in [3.63, 3.8) is 0 Å². The molecule has 1 saturated heterocycles. The number of rotatable bonds is 3. The van der Waals surface area contributed by atoms with E-state index in [4.69, 9.17) is 0 Å². The number of halogens is 1. The molecular formula is C11H12BrN3O3. The van der Waals surface area contributed by atoms with E-state index in [-0.39, 0.29) is 17.6 Å². The first-order valence-corrected chi connectivity index (χ1v) is 6.24. The van der Waals surface area contributed by atoms with E-state index in [0.29, 0.717) is 18.7 Å². The lowest BCUT2D eigenvalue weighted by molar-refractivity contribution is -0.384. The third-order valence-electron chi connectivity index (χ3n) is 2.91. The molecule has 7 heteroatoms. The Balaban J connectivity index is 2.25. The smallest absolute Gasteiger partial charge is 0.292 e. The summed E-state index contributed by atoms with van der Waals surface area (Å²) in [6.45, 7) is 0.665. The molecular weight excluding hydrogens is 302 g/mol. The number of amides is 1. The summed E-state index contributed by atoms with van der Waals surface area (Å²) in [7, 11) is 1.72. The Morgan fingerprint density at radius 3 is 2.83 bits per heavy atom. The second-order valence-electron chi connectivity index (χ2n) is 4.16. The Labute approximate surface area is 112 Å². The van der Waals surface area contributed by atoms with Gasteiger partial charge in [-0.05, 0) is 18.6 Å². The first-order chi connectivity index (χ1) is 8.49. The first-order valence-electron chi connectivity index (χ1n) is 5.44. The number of anilines is 1. The normalized spacial score (nSPS) is 19.1. The highest BCUT2D eigenvalue weighted by Gasteiger charge is 2.30. The molecule has 0 spiro atoms. The number of nitrogens with one attached hydrogen (secondary N) is 1. The second-order valence-corrected chi connectivity index (χ2v) is 5.08. The van der Waals surface area contributed by atoms with E-state index in [1.165, 1.54) is 6.07 Å². The van der Waals surface area contributed by atoms with Crippen LogP contribution >= 0.6 is 15.9 Å². The topological polar surface area (TPSA) is 75.5 Å². The molecule has 1 aromatic carbocycles. The summed E-state index contributed by atoms with van der Waals surface area (Å²) in [6.07, 6.45) is 0.652. The molecule has 1 atom stereocenters. The van der Waals surface area contributed by atoms with Gasteiger partial charge < -0.3 is 10.2 Å². The van der Waals surface area contributed by atoms with Gasteiger partial charge in [0.15, 0.2) is 0 Å². The molecule has 18 heavy (non-hydrogen) atoms. The van der Waals surface area contributed by atoms with Crippen molar-refractivity contribution in [3.8, 4) is 0 Å². The number of benzene rings is 1.